The van der Waals surface area contributed by atoms with Gasteiger partial charge in [0, 0.05) is 12.8 Å². The molecule has 5 nitrogen and oxygen atoms in total. The molecule has 5 heteroatoms. The minimum atomic E-state index is -0.510. The first-order valence-electron chi connectivity index (χ1n) is 9.51. The molecular weight excluding hydrogens is 308 g/mol. The van der Waals surface area contributed by atoms with Crippen LogP contribution in [0.2, 0.25) is 0 Å². The van der Waals surface area contributed by atoms with Crippen molar-refractivity contribution in [3.63, 3.8) is 0 Å². The summed E-state index contributed by atoms with van der Waals surface area (Å²) >= 11 is 0. The van der Waals surface area contributed by atoms with Crippen LogP contribution in [0.1, 0.15) is 84.0 Å². The lowest BCUT2D eigenvalue weighted by Crippen LogP contribution is -2.18. The Morgan fingerprint density at radius 3 is 2.50 bits per heavy atom. The van der Waals surface area contributed by atoms with Gasteiger partial charge in [0.2, 0.25) is 0 Å². The summed E-state index contributed by atoms with van der Waals surface area (Å²) in [7, 11) is 1.42. The highest BCUT2D eigenvalue weighted by Gasteiger charge is 2.43. The highest BCUT2D eigenvalue weighted by molar-refractivity contribution is 5.86. The van der Waals surface area contributed by atoms with Gasteiger partial charge in [-0.3, -0.25) is 9.59 Å². The van der Waals surface area contributed by atoms with Crippen LogP contribution in [-0.4, -0.2) is 42.3 Å². The Kier molecular flexibility index (Phi) is 10.9. The fraction of sp³-hybridized carbons (Fsp3) is 0.895. The number of Topliss-reactive ketones (excluding diaryl/α,β-unsaturated/α-hetero) is 1. The van der Waals surface area contributed by atoms with E-state index in [0.29, 0.717) is 12.8 Å². The summed E-state index contributed by atoms with van der Waals surface area (Å²) in [6.45, 7) is 2.12. The number of carbonyl (C=O) groups excluding carboxylic acids is 2. The van der Waals surface area contributed by atoms with Crippen LogP contribution in [0.5, 0.6) is 0 Å². The number of aliphatic hydroxyl groups excluding tert-OH is 1. The SMILES string of the molecule is CCCCCC(O)CC(=O)[C@@H]1O[C@H]1CCCCCCCC(=O)OC. The average molecular weight is 342 g/mol. The maximum atomic E-state index is 12.0. The maximum Gasteiger partial charge on any atom is 0.305 e. The molecule has 3 atom stereocenters. The van der Waals surface area contributed by atoms with Crippen molar-refractivity contribution in [1.82, 2.24) is 0 Å². The van der Waals surface area contributed by atoms with E-state index >= 15 is 0 Å². The van der Waals surface area contributed by atoms with Gasteiger partial charge in [0.15, 0.2) is 5.78 Å². The van der Waals surface area contributed by atoms with E-state index in [9.17, 15) is 14.7 Å². The molecule has 0 aliphatic carbocycles. The molecule has 0 spiro atoms. The predicted molar refractivity (Wildman–Crippen MR) is 92.8 cm³/mol. The van der Waals surface area contributed by atoms with Gasteiger partial charge in [0.1, 0.15) is 6.10 Å². The Balaban J connectivity index is 1.96. The van der Waals surface area contributed by atoms with Crippen molar-refractivity contribution in [1.29, 1.82) is 0 Å². The van der Waals surface area contributed by atoms with Gasteiger partial charge in [-0.1, -0.05) is 51.9 Å². The summed E-state index contributed by atoms with van der Waals surface area (Å²) in [4.78, 5) is 23.0. The minimum Gasteiger partial charge on any atom is -0.469 e. The molecule has 0 bridgehead atoms. The summed E-state index contributed by atoms with van der Waals surface area (Å²) in [5.41, 5.74) is 0. The lowest BCUT2D eigenvalue weighted by Gasteiger charge is -2.08. The van der Waals surface area contributed by atoms with Crippen LogP contribution in [0.25, 0.3) is 0 Å². The van der Waals surface area contributed by atoms with Gasteiger partial charge in [-0.15, -0.1) is 0 Å². The Hall–Kier alpha value is -0.940. The highest BCUT2D eigenvalue weighted by atomic mass is 16.6. The number of unbranched alkanes of at least 4 members (excludes halogenated alkanes) is 6. The molecule has 1 N–H and O–H groups in total. The predicted octanol–water partition coefficient (Wildman–Crippen LogP) is 3.56. The Morgan fingerprint density at radius 1 is 1.08 bits per heavy atom. The van der Waals surface area contributed by atoms with Gasteiger partial charge in [-0.2, -0.15) is 0 Å². The van der Waals surface area contributed by atoms with Crippen LogP contribution in [0.3, 0.4) is 0 Å². The maximum absolute atomic E-state index is 12.0. The van der Waals surface area contributed by atoms with E-state index in [4.69, 9.17) is 4.74 Å². The summed E-state index contributed by atoms with van der Waals surface area (Å²) in [6, 6.07) is 0. The third-order valence-corrected chi connectivity index (χ3v) is 4.57. The summed E-state index contributed by atoms with van der Waals surface area (Å²) in [6.07, 6.45) is 10.0. The van der Waals surface area contributed by atoms with Crippen LogP contribution in [-0.2, 0) is 19.1 Å². The molecule has 0 saturated carbocycles. The largest absolute Gasteiger partial charge is 0.469 e. The fourth-order valence-corrected chi connectivity index (χ4v) is 2.97. The molecule has 1 aliphatic heterocycles. The molecule has 0 radical (unpaired) electrons. The Labute approximate surface area is 146 Å². The molecule has 1 fully saturated rings. The fourth-order valence-electron chi connectivity index (χ4n) is 2.97. The number of methoxy groups -OCH3 is 1. The van der Waals surface area contributed by atoms with Crippen molar-refractivity contribution in [2.75, 3.05) is 7.11 Å². The van der Waals surface area contributed by atoms with Gasteiger partial charge < -0.3 is 14.6 Å². The van der Waals surface area contributed by atoms with Crippen LogP contribution >= 0.6 is 0 Å². The number of epoxide rings is 1. The van der Waals surface area contributed by atoms with Crippen molar-refractivity contribution >= 4 is 11.8 Å². The number of ether oxygens (including phenoxy) is 2. The average Bonchev–Trinajstić information content (AvgIpc) is 3.33. The molecule has 24 heavy (non-hydrogen) atoms. The zero-order valence-electron chi connectivity index (χ0n) is 15.3. The van der Waals surface area contributed by atoms with Crippen molar-refractivity contribution in [3.8, 4) is 0 Å². The van der Waals surface area contributed by atoms with E-state index in [-0.39, 0.29) is 30.4 Å². The zero-order chi connectivity index (χ0) is 17.8. The number of esters is 1. The van der Waals surface area contributed by atoms with Gasteiger partial charge in [-0.25, -0.2) is 0 Å². The van der Waals surface area contributed by atoms with Crippen molar-refractivity contribution in [2.45, 2.75) is 102 Å². The van der Waals surface area contributed by atoms with Crippen molar-refractivity contribution in [3.05, 3.63) is 0 Å². The molecule has 1 aliphatic rings. The van der Waals surface area contributed by atoms with E-state index in [1.165, 1.54) is 7.11 Å². The van der Waals surface area contributed by atoms with E-state index < -0.39 is 6.10 Å². The van der Waals surface area contributed by atoms with Crippen LogP contribution in [0.15, 0.2) is 0 Å². The second kappa shape index (κ2) is 12.4. The molecule has 1 unspecified atom stereocenters. The number of hydrogen-bond acceptors (Lipinski definition) is 5. The number of ketones is 1. The van der Waals surface area contributed by atoms with Crippen molar-refractivity contribution < 1.29 is 24.2 Å². The zero-order valence-corrected chi connectivity index (χ0v) is 15.3. The van der Waals surface area contributed by atoms with E-state index in [1.54, 1.807) is 0 Å². The quantitative estimate of drug-likeness (QED) is 0.280. The molecular formula is C19H34O5. The standard InChI is InChI=1S/C19H34O5/c1-3-4-8-11-15(20)14-16(21)19-17(24-19)12-9-6-5-7-10-13-18(22)23-2/h15,17,19-20H,3-14H2,1-2H3/t15?,17-,19-/m0/s1. The lowest BCUT2D eigenvalue weighted by atomic mass is 10.0. The molecule has 1 saturated heterocycles. The van der Waals surface area contributed by atoms with Crippen LogP contribution < -0.4 is 0 Å². The number of carbonyl (C=O) groups is 2. The van der Waals surface area contributed by atoms with E-state index in [1.807, 2.05) is 0 Å². The van der Waals surface area contributed by atoms with Crippen molar-refractivity contribution in [2.24, 2.45) is 0 Å². The number of aliphatic hydroxyl groups is 1. The van der Waals surface area contributed by atoms with Crippen LogP contribution in [0.4, 0.5) is 0 Å². The molecule has 0 aromatic carbocycles. The molecule has 1 heterocycles. The van der Waals surface area contributed by atoms with E-state index in [0.717, 1.165) is 57.8 Å². The van der Waals surface area contributed by atoms with E-state index in [2.05, 4.69) is 11.7 Å². The smallest absolute Gasteiger partial charge is 0.305 e. The molecule has 0 aromatic rings. The molecule has 140 valence electrons. The number of hydrogen-bond donors (Lipinski definition) is 1. The third-order valence-electron chi connectivity index (χ3n) is 4.57. The van der Waals surface area contributed by atoms with Gasteiger partial charge in [0.05, 0.1) is 19.3 Å². The number of rotatable bonds is 15. The second-order valence-corrected chi connectivity index (χ2v) is 6.80. The highest BCUT2D eigenvalue weighted by Crippen LogP contribution is 2.30. The minimum absolute atomic E-state index is 0.0575. The Morgan fingerprint density at radius 2 is 1.79 bits per heavy atom. The summed E-state index contributed by atoms with van der Waals surface area (Å²) < 4.78 is 10.1. The monoisotopic (exact) mass is 342 g/mol. The second-order valence-electron chi connectivity index (χ2n) is 6.80. The van der Waals surface area contributed by atoms with Crippen LogP contribution in [0, 0.1) is 0 Å². The van der Waals surface area contributed by atoms with Gasteiger partial charge in [0.25, 0.3) is 0 Å². The summed E-state index contributed by atoms with van der Waals surface area (Å²) in [5.74, 6) is -0.0818. The first-order chi connectivity index (χ1) is 11.6. The normalized spacial score (nSPS) is 20.6. The summed E-state index contributed by atoms with van der Waals surface area (Å²) in [5, 5.41) is 9.85. The molecule has 0 amide bonds. The van der Waals surface area contributed by atoms with Gasteiger partial charge >= 0.3 is 5.97 Å². The third kappa shape index (κ3) is 9.38. The first-order valence-corrected chi connectivity index (χ1v) is 9.51. The topological polar surface area (TPSA) is 76.1 Å². The Bertz CT molecular complexity index is 369. The lowest BCUT2D eigenvalue weighted by molar-refractivity contribution is -0.140. The van der Waals surface area contributed by atoms with Gasteiger partial charge in [-0.05, 0) is 19.3 Å². The molecule has 1 rings (SSSR count). The first kappa shape index (κ1) is 21.1. The molecule has 0 aromatic heterocycles.